The van der Waals surface area contributed by atoms with Gasteiger partial charge in [0, 0.05) is 25.4 Å². The molecule has 2 aromatic carbocycles. The maximum atomic E-state index is 13.3. The van der Waals surface area contributed by atoms with Crippen LogP contribution in [-0.2, 0) is 23.1 Å². The van der Waals surface area contributed by atoms with E-state index in [0.717, 1.165) is 0 Å². The van der Waals surface area contributed by atoms with Crippen LogP contribution in [0.2, 0.25) is 0 Å². The SMILES string of the molecule is COC(=O)c1cc(CNC(=O)c2cc(C)nn2C)cc(NC(=O)/C=C/c2cccc(F)c2)c1. The number of hydrogen-bond donors (Lipinski definition) is 2. The first kappa shape index (κ1) is 23.4. The molecule has 1 heterocycles. The average Bonchev–Trinajstić information content (AvgIpc) is 3.13. The number of halogens is 1. The van der Waals surface area contributed by atoms with Crippen LogP contribution in [0.3, 0.4) is 0 Å². The predicted molar refractivity (Wildman–Crippen MR) is 121 cm³/mol. The van der Waals surface area contributed by atoms with Crippen molar-refractivity contribution in [3.63, 3.8) is 0 Å². The zero-order chi connectivity index (χ0) is 24.0. The van der Waals surface area contributed by atoms with Gasteiger partial charge in [-0.2, -0.15) is 5.10 Å². The molecule has 9 heteroatoms. The van der Waals surface area contributed by atoms with Crippen molar-refractivity contribution in [3.05, 3.63) is 88.5 Å². The number of rotatable bonds is 7. The molecule has 0 bridgehead atoms. The van der Waals surface area contributed by atoms with Crippen molar-refractivity contribution in [1.29, 1.82) is 0 Å². The zero-order valence-electron chi connectivity index (χ0n) is 18.4. The molecule has 0 saturated heterocycles. The highest BCUT2D eigenvalue weighted by atomic mass is 19.1. The third kappa shape index (κ3) is 6.36. The molecule has 2 N–H and O–H groups in total. The normalized spacial score (nSPS) is 10.8. The minimum atomic E-state index is -0.587. The van der Waals surface area contributed by atoms with E-state index in [4.69, 9.17) is 4.74 Å². The second kappa shape index (κ2) is 10.4. The van der Waals surface area contributed by atoms with Crippen LogP contribution >= 0.6 is 0 Å². The fraction of sp³-hybridized carbons (Fsp3) is 0.167. The van der Waals surface area contributed by atoms with Crippen LogP contribution in [0.15, 0.2) is 54.6 Å². The number of carbonyl (C=O) groups excluding carboxylic acids is 3. The van der Waals surface area contributed by atoms with Crippen molar-refractivity contribution in [2.45, 2.75) is 13.5 Å². The highest BCUT2D eigenvalue weighted by Gasteiger charge is 2.14. The molecule has 33 heavy (non-hydrogen) atoms. The van der Waals surface area contributed by atoms with Crippen molar-refractivity contribution >= 4 is 29.5 Å². The second-order valence-electron chi connectivity index (χ2n) is 7.27. The monoisotopic (exact) mass is 450 g/mol. The number of esters is 1. The van der Waals surface area contributed by atoms with Gasteiger partial charge in [0.25, 0.3) is 5.91 Å². The molecule has 0 saturated carbocycles. The molecule has 0 aliphatic rings. The molecule has 0 fully saturated rings. The summed E-state index contributed by atoms with van der Waals surface area (Å²) in [6.45, 7) is 1.89. The van der Waals surface area contributed by atoms with Crippen LogP contribution in [0.25, 0.3) is 6.08 Å². The Morgan fingerprint density at radius 2 is 1.94 bits per heavy atom. The van der Waals surface area contributed by atoms with E-state index in [-0.39, 0.29) is 18.0 Å². The Morgan fingerprint density at radius 1 is 1.15 bits per heavy atom. The van der Waals surface area contributed by atoms with E-state index in [0.29, 0.717) is 28.2 Å². The lowest BCUT2D eigenvalue weighted by Crippen LogP contribution is -2.25. The van der Waals surface area contributed by atoms with Crippen molar-refractivity contribution in [3.8, 4) is 0 Å². The number of aryl methyl sites for hydroxylation is 2. The minimum absolute atomic E-state index is 0.107. The maximum Gasteiger partial charge on any atom is 0.337 e. The minimum Gasteiger partial charge on any atom is -0.465 e. The third-order valence-corrected chi connectivity index (χ3v) is 4.64. The number of nitrogens with one attached hydrogen (secondary N) is 2. The first-order valence-corrected chi connectivity index (χ1v) is 10.0. The van der Waals surface area contributed by atoms with Gasteiger partial charge in [-0.05, 0) is 60.5 Å². The standard InChI is InChI=1S/C24H23FN4O4/c1-15-9-21(29(2)28-15)23(31)26-14-17-10-18(24(32)33-3)13-20(12-17)27-22(30)8-7-16-5-4-6-19(25)11-16/h4-13H,14H2,1-3H3,(H,26,31)(H,27,30)/b8-7+. The molecule has 0 unspecified atom stereocenters. The Morgan fingerprint density at radius 3 is 2.61 bits per heavy atom. The van der Waals surface area contributed by atoms with Crippen molar-refractivity contribution in [2.24, 2.45) is 7.05 Å². The van der Waals surface area contributed by atoms with Gasteiger partial charge in [0.05, 0.1) is 18.4 Å². The highest BCUT2D eigenvalue weighted by molar-refractivity contribution is 6.03. The Labute approximate surface area is 190 Å². The molecular formula is C24H23FN4O4. The van der Waals surface area contributed by atoms with Crippen molar-refractivity contribution in [1.82, 2.24) is 15.1 Å². The van der Waals surface area contributed by atoms with E-state index in [9.17, 15) is 18.8 Å². The van der Waals surface area contributed by atoms with Crippen molar-refractivity contribution in [2.75, 3.05) is 12.4 Å². The molecule has 0 aliphatic heterocycles. The summed E-state index contributed by atoms with van der Waals surface area (Å²) in [7, 11) is 2.92. The van der Waals surface area contributed by atoms with Gasteiger partial charge in [0.1, 0.15) is 11.5 Å². The topological polar surface area (TPSA) is 102 Å². The largest absolute Gasteiger partial charge is 0.465 e. The molecule has 3 rings (SSSR count). The molecule has 2 amide bonds. The summed E-state index contributed by atoms with van der Waals surface area (Å²) in [6.07, 6.45) is 2.73. The van der Waals surface area contributed by atoms with Crippen LogP contribution in [0, 0.1) is 12.7 Å². The summed E-state index contributed by atoms with van der Waals surface area (Å²) in [4.78, 5) is 36.9. The molecule has 0 radical (unpaired) electrons. The average molecular weight is 450 g/mol. The van der Waals surface area contributed by atoms with Gasteiger partial charge < -0.3 is 15.4 Å². The van der Waals surface area contributed by atoms with Crippen LogP contribution in [0.5, 0.6) is 0 Å². The number of amides is 2. The van der Waals surface area contributed by atoms with E-state index in [2.05, 4.69) is 15.7 Å². The Hall–Kier alpha value is -4.27. The Bertz CT molecular complexity index is 1230. The van der Waals surface area contributed by atoms with Gasteiger partial charge in [-0.15, -0.1) is 0 Å². The third-order valence-electron chi connectivity index (χ3n) is 4.64. The fourth-order valence-corrected chi connectivity index (χ4v) is 3.16. The number of aromatic nitrogens is 2. The summed E-state index contributed by atoms with van der Waals surface area (Å²) in [5, 5.41) is 9.58. The summed E-state index contributed by atoms with van der Waals surface area (Å²) < 4.78 is 19.5. The van der Waals surface area contributed by atoms with Crippen molar-refractivity contribution < 1.29 is 23.5 Å². The van der Waals surface area contributed by atoms with E-state index in [1.54, 1.807) is 44.3 Å². The van der Waals surface area contributed by atoms with Gasteiger partial charge in [-0.3, -0.25) is 14.3 Å². The first-order valence-electron chi connectivity index (χ1n) is 10.0. The van der Waals surface area contributed by atoms with Gasteiger partial charge >= 0.3 is 5.97 Å². The van der Waals surface area contributed by atoms with Crippen LogP contribution in [0.1, 0.15) is 37.7 Å². The van der Waals surface area contributed by atoms with Crippen LogP contribution in [0.4, 0.5) is 10.1 Å². The summed E-state index contributed by atoms with van der Waals surface area (Å²) in [5.74, 6) is -1.79. The lowest BCUT2D eigenvalue weighted by atomic mass is 10.1. The molecule has 170 valence electrons. The fourth-order valence-electron chi connectivity index (χ4n) is 3.16. The molecule has 8 nitrogen and oxygen atoms in total. The van der Waals surface area contributed by atoms with Gasteiger partial charge in [-0.1, -0.05) is 12.1 Å². The molecule has 0 spiro atoms. The number of anilines is 1. The molecule has 0 aliphatic carbocycles. The van der Waals surface area contributed by atoms with E-state index in [1.165, 1.54) is 42.1 Å². The molecule has 0 atom stereocenters. The summed E-state index contributed by atoms with van der Waals surface area (Å²) in [5.41, 5.74) is 2.77. The summed E-state index contributed by atoms with van der Waals surface area (Å²) in [6, 6.07) is 12.1. The van der Waals surface area contributed by atoms with Crippen LogP contribution < -0.4 is 10.6 Å². The number of ether oxygens (including phenoxy) is 1. The van der Waals surface area contributed by atoms with Gasteiger partial charge in [-0.25, -0.2) is 9.18 Å². The zero-order valence-corrected chi connectivity index (χ0v) is 18.4. The number of benzene rings is 2. The predicted octanol–water partition coefficient (Wildman–Crippen LogP) is 3.24. The Kier molecular flexibility index (Phi) is 7.34. The van der Waals surface area contributed by atoms with Crippen LogP contribution in [-0.4, -0.2) is 34.7 Å². The van der Waals surface area contributed by atoms with Gasteiger partial charge in [0.2, 0.25) is 5.91 Å². The maximum absolute atomic E-state index is 13.3. The lowest BCUT2D eigenvalue weighted by molar-refractivity contribution is -0.111. The van der Waals surface area contributed by atoms with E-state index < -0.39 is 17.7 Å². The Balaban J connectivity index is 1.75. The number of carbonyl (C=O) groups is 3. The molecule has 3 aromatic rings. The number of nitrogens with zero attached hydrogens (tertiary/aromatic N) is 2. The highest BCUT2D eigenvalue weighted by Crippen LogP contribution is 2.17. The quantitative estimate of drug-likeness (QED) is 0.425. The smallest absolute Gasteiger partial charge is 0.337 e. The van der Waals surface area contributed by atoms with Gasteiger partial charge in [0.15, 0.2) is 0 Å². The molecular weight excluding hydrogens is 427 g/mol. The first-order chi connectivity index (χ1) is 15.7. The summed E-state index contributed by atoms with van der Waals surface area (Å²) >= 11 is 0. The van der Waals surface area contributed by atoms with E-state index in [1.807, 2.05) is 0 Å². The molecule has 1 aromatic heterocycles. The second-order valence-corrected chi connectivity index (χ2v) is 7.27. The lowest BCUT2D eigenvalue weighted by Gasteiger charge is -2.11. The number of hydrogen-bond acceptors (Lipinski definition) is 5. The van der Waals surface area contributed by atoms with E-state index >= 15 is 0 Å². The number of methoxy groups -OCH3 is 1.